The van der Waals surface area contributed by atoms with E-state index in [0.717, 1.165) is 23.8 Å². The minimum atomic E-state index is -0.779. The van der Waals surface area contributed by atoms with Gasteiger partial charge in [0.1, 0.15) is 11.6 Å². The Morgan fingerprint density at radius 3 is 2.32 bits per heavy atom. The molecule has 0 aliphatic heterocycles. The van der Waals surface area contributed by atoms with Crippen LogP contribution in [0.15, 0.2) is 72.8 Å². The number of carbonyl (C=O) groups excluding carboxylic acids is 1. The predicted molar refractivity (Wildman–Crippen MR) is 93.2 cm³/mol. The second kappa shape index (κ2) is 7.41. The fourth-order valence-electron chi connectivity index (χ4n) is 2.21. The normalized spacial score (nSPS) is 9.84. The van der Waals surface area contributed by atoms with E-state index in [1.54, 1.807) is 24.3 Å². The van der Waals surface area contributed by atoms with Gasteiger partial charge in [-0.15, -0.1) is 0 Å². The van der Waals surface area contributed by atoms with Crippen molar-refractivity contribution < 1.29 is 13.6 Å². The lowest BCUT2D eigenvalue weighted by Crippen LogP contribution is -2.14. The Labute approximate surface area is 144 Å². The number of benzene rings is 3. The minimum Gasteiger partial charge on any atom is -0.322 e. The second-order valence-corrected chi connectivity index (χ2v) is 5.28. The van der Waals surface area contributed by atoms with Gasteiger partial charge in [0.05, 0.1) is 5.56 Å². The highest BCUT2D eigenvalue weighted by Gasteiger charge is 2.13. The minimum absolute atomic E-state index is 0.347. The molecule has 1 N–H and O–H groups in total. The summed E-state index contributed by atoms with van der Waals surface area (Å²) in [5.74, 6) is 3.85. The number of rotatable bonds is 2. The van der Waals surface area contributed by atoms with E-state index in [-0.39, 0.29) is 5.56 Å². The first-order valence-electron chi connectivity index (χ1n) is 7.55. The molecule has 0 bridgehead atoms. The van der Waals surface area contributed by atoms with Gasteiger partial charge in [0, 0.05) is 16.8 Å². The molecule has 0 heterocycles. The van der Waals surface area contributed by atoms with Gasteiger partial charge in [0.25, 0.3) is 5.91 Å². The van der Waals surface area contributed by atoms with Gasteiger partial charge in [-0.2, -0.15) is 0 Å². The third-order valence-corrected chi connectivity index (χ3v) is 3.42. The third-order valence-electron chi connectivity index (χ3n) is 3.42. The summed E-state index contributed by atoms with van der Waals surface area (Å²) < 4.78 is 26.9. The van der Waals surface area contributed by atoms with E-state index in [4.69, 9.17) is 0 Å². The maximum Gasteiger partial charge on any atom is 0.258 e. The van der Waals surface area contributed by atoms with Crippen LogP contribution in [0.2, 0.25) is 0 Å². The number of amides is 1. The molecule has 122 valence electrons. The fraction of sp³-hybridized carbons (Fsp3) is 0. The van der Waals surface area contributed by atoms with Gasteiger partial charge in [0.2, 0.25) is 0 Å². The SMILES string of the molecule is O=C(Nc1cccc(C#Cc2ccccc2)c1)c1cc(F)ccc1F. The summed E-state index contributed by atoms with van der Waals surface area (Å²) in [4.78, 5) is 12.1. The molecule has 0 atom stereocenters. The number of hydrogen-bond acceptors (Lipinski definition) is 1. The van der Waals surface area contributed by atoms with E-state index >= 15 is 0 Å². The van der Waals surface area contributed by atoms with Crippen molar-refractivity contribution in [3.05, 3.63) is 101 Å². The van der Waals surface area contributed by atoms with Crippen LogP contribution in [0.5, 0.6) is 0 Å². The maximum absolute atomic E-state index is 13.7. The van der Waals surface area contributed by atoms with Gasteiger partial charge in [-0.25, -0.2) is 8.78 Å². The Morgan fingerprint density at radius 1 is 0.800 bits per heavy atom. The summed E-state index contributed by atoms with van der Waals surface area (Å²) in [6, 6.07) is 19.1. The zero-order valence-electron chi connectivity index (χ0n) is 13.1. The third kappa shape index (κ3) is 4.30. The Balaban J connectivity index is 1.79. The van der Waals surface area contributed by atoms with Crippen molar-refractivity contribution in [1.82, 2.24) is 0 Å². The average molecular weight is 333 g/mol. The molecule has 0 radical (unpaired) electrons. The largest absolute Gasteiger partial charge is 0.322 e. The highest BCUT2D eigenvalue weighted by Crippen LogP contribution is 2.15. The van der Waals surface area contributed by atoms with Crippen molar-refractivity contribution in [1.29, 1.82) is 0 Å². The molecule has 0 spiro atoms. The molecule has 0 saturated heterocycles. The highest BCUT2D eigenvalue weighted by molar-refractivity contribution is 6.04. The summed E-state index contributed by atoms with van der Waals surface area (Å²) in [5, 5.41) is 2.55. The fourth-order valence-corrected chi connectivity index (χ4v) is 2.21. The van der Waals surface area contributed by atoms with Crippen LogP contribution in [0.3, 0.4) is 0 Å². The summed E-state index contributed by atoms with van der Waals surface area (Å²) in [5.41, 5.74) is 1.68. The van der Waals surface area contributed by atoms with Crippen molar-refractivity contribution in [3.8, 4) is 11.8 Å². The molecule has 4 heteroatoms. The number of hydrogen-bond donors (Lipinski definition) is 1. The first kappa shape index (κ1) is 16.4. The number of anilines is 1. The number of halogens is 2. The van der Waals surface area contributed by atoms with Gasteiger partial charge in [-0.1, -0.05) is 36.1 Å². The van der Waals surface area contributed by atoms with Gasteiger partial charge in [-0.3, -0.25) is 4.79 Å². The Hall–Kier alpha value is -3.45. The van der Waals surface area contributed by atoms with Gasteiger partial charge in [-0.05, 0) is 48.5 Å². The Kier molecular flexibility index (Phi) is 4.87. The van der Waals surface area contributed by atoms with Crippen molar-refractivity contribution in [2.45, 2.75) is 0 Å². The summed E-state index contributed by atoms with van der Waals surface area (Å²) >= 11 is 0. The smallest absolute Gasteiger partial charge is 0.258 e. The number of nitrogens with one attached hydrogen (secondary N) is 1. The molecule has 0 saturated carbocycles. The molecular weight excluding hydrogens is 320 g/mol. The monoisotopic (exact) mass is 333 g/mol. The lowest BCUT2D eigenvalue weighted by Gasteiger charge is -2.06. The Morgan fingerprint density at radius 2 is 1.52 bits per heavy atom. The molecule has 0 aliphatic carbocycles. The van der Waals surface area contributed by atoms with Crippen LogP contribution in [0, 0.1) is 23.5 Å². The van der Waals surface area contributed by atoms with Crippen LogP contribution in [0.4, 0.5) is 14.5 Å². The molecule has 2 nitrogen and oxygen atoms in total. The molecule has 0 aromatic heterocycles. The van der Waals surface area contributed by atoms with E-state index in [2.05, 4.69) is 17.2 Å². The molecule has 3 aromatic rings. The van der Waals surface area contributed by atoms with Crippen molar-refractivity contribution >= 4 is 11.6 Å². The van der Waals surface area contributed by atoms with E-state index in [9.17, 15) is 13.6 Å². The molecule has 0 fully saturated rings. The summed E-state index contributed by atoms with van der Waals surface area (Å²) in [7, 11) is 0. The standard InChI is InChI=1S/C21H13F2NO/c22-17-11-12-20(23)19(14-17)21(25)24-18-8-4-7-16(13-18)10-9-15-5-2-1-3-6-15/h1-8,11-14H,(H,24,25). The summed E-state index contributed by atoms with van der Waals surface area (Å²) in [6.07, 6.45) is 0. The molecule has 3 aromatic carbocycles. The average Bonchev–Trinajstić information content (AvgIpc) is 2.63. The molecule has 25 heavy (non-hydrogen) atoms. The quantitative estimate of drug-likeness (QED) is 0.681. The van der Waals surface area contributed by atoms with Crippen LogP contribution in [-0.4, -0.2) is 5.91 Å². The van der Waals surface area contributed by atoms with Gasteiger partial charge < -0.3 is 5.32 Å². The van der Waals surface area contributed by atoms with E-state index in [1.165, 1.54) is 0 Å². The van der Waals surface area contributed by atoms with Crippen LogP contribution < -0.4 is 5.32 Å². The van der Waals surface area contributed by atoms with Crippen LogP contribution in [0.1, 0.15) is 21.5 Å². The molecule has 3 rings (SSSR count). The van der Waals surface area contributed by atoms with Crippen LogP contribution in [0.25, 0.3) is 0 Å². The zero-order chi connectivity index (χ0) is 17.6. The lowest BCUT2D eigenvalue weighted by molar-refractivity contribution is 0.102. The van der Waals surface area contributed by atoms with E-state index in [0.29, 0.717) is 11.3 Å². The van der Waals surface area contributed by atoms with Crippen molar-refractivity contribution in [2.75, 3.05) is 5.32 Å². The van der Waals surface area contributed by atoms with E-state index < -0.39 is 17.5 Å². The molecule has 0 unspecified atom stereocenters. The highest BCUT2D eigenvalue weighted by atomic mass is 19.1. The van der Waals surface area contributed by atoms with Crippen molar-refractivity contribution in [2.24, 2.45) is 0 Å². The van der Waals surface area contributed by atoms with Crippen molar-refractivity contribution in [3.63, 3.8) is 0 Å². The van der Waals surface area contributed by atoms with Gasteiger partial charge in [0.15, 0.2) is 0 Å². The molecular formula is C21H13F2NO. The molecule has 1 amide bonds. The van der Waals surface area contributed by atoms with Gasteiger partial charge >= 0.3 is 0 Å². The lowest BCUT2D eigenvalue weighted by atomic mass is 10.1. The predicted octanol–water partition coefficient (Wildman–Crippen LogP) is 4.62. The first-order chi connectivity index (χ1) is 12.1. The number of carbonyl (C=O) groups is 1. The maximum atomic E-state index is 13.7. The second-order valence-electron chi connectivity index (χ2n) is 5.28. The van der Waals surface area contributed by atoms with Crippen LogP contribution >= 0.6 is 0 Å². The molecule has 0 aliphatic rings. The Bertz CT molecular complexity index is 972. The first-order valence-corrected chi connectivity index (χ1v) is 7.55. The van der Waals surface area contributed by atoms with Crippen LogP contribution in [-0.2, 0) is 0 Å². The summed E-state index contributed by atoms with van der Waals surface area (Å²) in [6.45, 7) is 0. The topological polar surface area (TPSA) is 29.1 Å². The zero-order valence-corrected chi connectivity index (χ0v) is 13.1. The van der Waals surface area contributed by atoms with E-state index in [1.807, 2.05) is 30.3 Å².